The molecule has 1 fully saturated rings. The summed E-state index contributed by atoms with van der Waals surface area (Å²) in [5.74, 6) is 0.630. The van der Waals surface area contributed by atoms with Gasteiger partial charge in [-0.05, 0) is 43.2 Å². The summed E-state index contributed by atoms with van der Waals surface area (Å²) < 4.78 is 0. The van der Waals surface area contributed by atoms with Crippen LogP contribution in [0.15, 0.2) is 18.3 Å². The SMILES string of the molecule is CC(C)C[C@@H](O)C1CCN(c2cc(C(=O)O)ccn2)CC1. The molecule has 1 aromatic heterocycles. The van der Waals surface area contributed by atoms with Crippen molar-refractivity contribution >= 4 is 11.8 Å². The van der Waals surface area contributed by atoms with Crippen LogP contribution in [0.25, 0.3) is 0 Å². The zero-order chi connectivity index (χ0) is 15.4. The molecule has 5 heteroatoms. The summed E-state index contributed by atoms with van der Waals surface area (Å²) in [6.07, 6.45) is 4.00. The quantitative estimate of drug-likeness (QED) is 0.871. The van der Waals surface area contributed by atoms with Crippen LogP contribution >= 0.6 is 0 Å². The Balaban J connectivity index is 1.94. The van der Waals surface area contributed by atoms with Gasteiger partial charge in [-0.2, -0.15) is 0 Å². The highest BCUT2D eigenvalue weighted by atomic mass is 16.4. The van der Waals surface area contributed by atoms with Gasteiger partial charge < -0.3 is 15.1 Å². The molecule has 2 N–H and O–H groups in total. The standard InChI is InChI=1S/C16H24N2O3/c1-11(2)9-14(19)12-4-7-18(8-5-12)15-10-13(16(20)21)3-6-17-15/h3,6,10-12,14,19H,4-5,7-9H2,1-2H3,(H,20,21)/t14-/m1/s1. The van der Waals surface area contributed by atoms with Crippen LogP contribution in [0.5, 0.6) is 0 Å². The maximum absolute atomic E-state index is 11.0. The fraction of sp³-hybridized carbons (Fsp3) is 0.625. The zero-order valence-electron chi connectivity index (χ0n) is 12.7. The summed E-state index contributed by atoms with van der Waals surface area (Å²) in [6.45, 7) is 5.88. The average molecular weight is 292 g/mol. The van der Waals surface area contributed by atoms with Crippen molar-refractivity contribution in [2.75, 3.05) is 18.0 Å². The van der Waals surface area contributed by atoms with E-state index < -0.39 is 5.97 Å². The lowest BCUT2D eigenvalue weighted by Crippen LogP contribution is -2.38. The van der Waals surface area contributed by atoms with Crippen LogP contribution in [0.4, 0.5) is 5.82 Å². The molecule has 0 aromatic carbocycles. The highest BCUT2D eigenvalue weighted by Gasteiger charge is 2.26. The molecule has 5 nitrogen and oxygen atoms in total. The number of pyridine rings is 1. The van der Waals surface area contributed by atoms with Gasteiger partial charge in [0, 0.05) is 19.3 Å². The van der Waals surface area contributed by atoms with Crippen molar-refractivity contribution in [3.63, 3.8) is 0 Å². The van der Waals surface area contributed by atoms with Crippen molar-refractivity contribution in [1.82, 2.24) is 4.98 Å². The summed E-state index contributed by atoms with van der Waals surface area (Å²) in [5, 5.41) is 19.2. The number of carboxylic acid groups (broad SMARTS) is 1. The van der Waals surface area contributed by atoms with E-state index in [0.29, 0.717) is 17.7 Å². The summed E-state index contributed by atoms with van der Waals surface area (Å²) in [4.78, 5) is 17.4. The Morgan fingerprint density at radius 1 is 1.43 bits per heavy atom. The van der Waals surface area contributed by atoms with E-state index in [-0.39, 0.29) is 11.7 Å². The molecule has 0 aliphatic carbocycles. The first-order valence-electron chi connectivity index (χ1n) is 7.59. The van der Waals surface area contributed by atoms with E-state index in [1.54, 1.807) is 12.3 Å². The van der Waals surface area contributed by atoms with Crippen molar-refractivity contribution in [3.05, 3.63) is 23.9 Å². The van der Waals surface area contributed by atoms with Crippen molar-refractivity contribution in [3.8, 4) is 0 Å². The number of hydrogen-bond acceptors (Lipinski definition) is 4. The molecular formula is C16H24N2O3. The fourth-order valence-electron chi connectivity index (χ4n) is 2.91. The van der Waals surface area contributed by atoms with Crippen LogP contribution in [-0.2, 0) is 0 Å². The van der Waals surface area contributed by atoms with Crippen molar-refractivity contribution in [2.45, 2.75) is 39.2 Å². The molecular weight excluding hydrogens is 268 g/mol. The lowest BCUT2D eigenvalue weighted by molar-refractivity contribution is 0.0696. The molecule has 1 atom stereocenters. The molecule has 0 saturated carbocycles. The second-order valence-electron chi connectivity index (χ2n) is 6.23. The largest absolute Gasteiger partial charge is 0.478 e. The Morgan fingerprint density at radius 2 is 2.10 bits per heavy atom. The van der Waals surface area contributed by atoms with Gasteiger partial charge in [0.25, 0.3) is 0 Å². The molecule has 1 saturated heterocycles. The second-order valence-corrected chi connectivity index (χ2v) is 6.23. The fourth-order valence-corrected chi connectivity index (χ4v) is 2.91. The van der Waals surface area contributed by atoms with Gasteiger partial charge in [-0.3, -0.25) is 0 Å². The van der Waals surface area contributed by atoms with Crippen molar-refractivity contribution < 1.29 is 15.0 Å². The molecule has 0 radical (unpaired) electrons. The molecule has 116 valence electrons. The number of carboxylic acids is 1. The number of hydrogen-bond donors (Lipinski definition) is 2. The Labute approximate surface area is 125 Å². The maximum Gasteiger partial charge on any atom is 0.335 e. The maximum atomic E-state index is 11.0. The number of rotatable bonds is 5. The second kappa shape index (κ2) is 6.89. The van der Waals surface area contributed by atoms with Gasteiger partial charge in [0.1, 0.15) is 5.82 Å². The van der Waals surface area contributed by atoms with E-state index in [4.69, 9.17) is 5.11 Å². The summed E-state index contributed by atoms with van der Waals surface area (Å²) >= 11 is 0. The van der Waals surface area contributed by atoms with Crippen LogP contribution < -0.4 is 4.90 Å². The Hall–Kier alpha value is -1.62. The molecule has 1 aromatic rings. The molecule has 2 heterocycles. The number of aliphatic hydroxyl groups excluding tert-OH is 1. The minimum atomic E-state index is -0.930. The Kier molecular flexibility index (Phi) is 5.17. The number of aromatic nitrogens is 1. The third-order valence-corrected chi connectivity index (χ3v) is 4.11. The average Bonchev–Trinajstić information content (AvgIpc) is 2.47. The van der Waals surface area contributed by atoms with Crippen LogP contribution in [0.1, 0.15) is 43.5 Å². The van der Waals surface area contributed by atoms with Crippen LogP contribution in [-0.4, -0.2) is 40.4 Å². The third-order valence-electron chi connectivity index (χ3n) is 4.11. The number of anilines is 1. The molecule has 2 rings (SSSR count). The lowest BCUT2D eigenvalue weighted by atomic mass is 9.87. The van der Waals surface area contributed by atoms with Gasteiger partial charge >= 0.3 is 5.97 Å². The van der Waals surface area contributed by atoms with E-state index in [9.17, 15) is 9.90 Å². The van der Waals surface area contributed by atoms with E-state index in [1.807, 2.05) is 0 Å². The summed E-state index contributed by atoms with van der Waals surface area (Å²) in [6, 6.07) is 3.12. The molecule has 1 aliphatic rings. The zero-order valence-corrected chi connectivity index (χ0v) is 12.7. The summed E-state index contributed by atoms with van der Waals surface area (Å²) in [7, 11) is 0. The predicted molar refractivity (Wildman–Crippen MR) is 81.6 cm³/mol. The third kappa shape index (κ3) is 4.17. The van der Waals surface area contributed by atoms with Gasteiger partial charge in [0.2, 0.25) is 0 Å². The van der Waals surface area contributed by atoms with Crippen LogP contribution in [0.3, 0.4) is 0 Å². The van der Waals surface area contributed by atoms with Crippen molar-refractivity contribution in [1.29, 1.82) is 0 Å². The van der Waals surface area contributed by atoms with Crippen LogP contribution in [0.2, 0.25) is 0 Å². The molecule has 0 unspecified atom stereocenters. The van der Waals surface area contributed by atoms with Crippen molar-refractivity contribution in [2.24, 2.45) is 11.8 Å². The Morgan fingerprint density at radius 3 is 2.67 bits per heavy atom. The number of carbonyl (C=O) groups is 1. The molecule has 0 amide bonds. The topological polar surface area (TPSA) is 73.7 Å². The van der Waals surface area contributed by atoms with Gasteiger partial charge in [-0.1, -0.05) is 13.8 Å². The first-order chi connectivity index (χ1) is 9.97. The molecule has 1 aliphatic heterocycles. The monoisotopic (exact) mass is 292 g/mol. The van der Waals surface area contributed by atoms with Gasteiger partial charge in [-0.25, -0.2) is 9.78 Å². The minimum absolute atomic E-state index is 0.231. The van der Waals surface area contributed by atoms with Gasteiger partial charge in [0.15, 0.2) is 0 Å². The molecule has 0 bridgehead atoms. The first kappa shape index (κ1) is 15.8. The van der Waals surface area contributed by atoms with Gasteiger partial charge in [-0.15, -0.1) is 0 Å². The Bertz CT molecular complexity index is 482. The number of aromatic carboxylic acids is 1. The van der Waals surface area contributed by atoms with Gasteiger partial charge in [0.05, 0.1) is 11.7 Å². The number of aliphatic hydroxyl groups is 1. The normalized spacial score (nSPS) is 18.0. The minimum Gasteiger partial charge on any atom is -0.478 e. The van der Waals surface area contributed by atoms with E-state index in [1.165, 1.54) is 6.07 Å². The van der Waals surface area contributed by atoms with Crippen LogP contribution in [0, 0.1) is 11.8 Å². The van der Waals surface area contributed by atoms with E-state index in [2.05, 4.69) is 23.7 Å². The molecule has 0 spiro atoms. The predicted octanol–water partition coefficient (Wildman–Crippen LogP) is 2.40. The number of piperidine rings is 1. The highest BCUT2D eigenvalue weighted by Crippen LogP contribution is 2.27. The summed E-state index contributed by atoms with van der Waals surface area (Å²) in [5.41, 5.74) is 0.266. The molecule has 21 heavy (non-hydrogen) atoms. The lowest BCUT2D eigenvalue weighted by Gasteiger charge is -2.35. The smallest absolute Gasteiger partial charge is 0.335 e. The van der Waals surface area contributed by atoms with E-state index >= 15 is 0 Å². The number of nitrogens with zero attached hydrogens (tertiary/aromatic N) is 2. The first-order valence-corrected chi connectivity index (χ1v) is 7.59. The van der Waals surface area contributed by atoms with E-state index in [0.717, 1.165) is 32.4 Å². The highest BCUT2D eigenvalue weighted by molar-refractivity contribution is 5.88.